The van der Waals surface area contributed by atoms with Crippen LogP contribution in [0.3, 0.4) is 0 Å². The number of hydrogen-bond acceptors (Lipinski definition) is 10. The Morgan fingerprint density at radius 2 is 1.88 bits per heavy atom. The molecule has 12 heteroatoms. The molecule has 2 unspecified atom stereocenters. The van der Waals surface area contributed by atoms with Gasteiger partial charge in [-0.15, -0.1) is 5.10 Å². The van der Waals surface area contributed by atoms with Gasteiger partial charge in [0.1, 0.15) is 17.7 Å². The first-order valence-electron chi connectivity index (χ1n) is 13.5. The highest BCUT2D eigenvalue weighted by molar-refractivity contribution is 5.95. The topological polar surface area (TPSA) is 170 Å². The number of pyridine rings is 1. The molecule has 4 fully saturated rings. The van der Waals surface area contributed by atoms with Gasteiger partial charge >= 0.3 is 0 Å². The van der Waals surface area contributed by atoms with Gasteiger partial charge in [0.05, 0.1) is 30.2 Å². The van der Waals surface area contributed by atoms with E-state index in [1.54, 1.807) is 18.2 Å². The molecule has 0 aromatic carbocycles. The molecule has 2 atom stereocenters. The Bertz CT molecular complexity index is 1540. The smallest absolute Gasteiger partial charge is 0.231 e. The van der Waals surface area contributed by atoms with Crippen LogP contribution in [0.1, 0.15) is 65.0 Å². The van der Waals surface area contributed by atoms with Gasteiger partial charge in [-0.2, -0.15) is 9.78 Å². The highest BCUT2D eigenvalue weighted by Crippen LogP contribution is 2.60. The van der Waals surface area contributed by atoms with Gasteiger partial charge in [-0.1, -0.05) is 20.8 Å². The molecule has 3 heterocycles. The van der Waals surface area contributed by atoms with E-state index in [1.807, 2.05) is 20.8 Å². The number of hydrogen-bond donors (Lipinski definition) is 5. The van der Waals surface area contributed by atoms with Crippen LogP contribution >= 0.6 is 0 Å². The Kier molecular flexibility index (Phi) is 5.77. The third-order valence-corrected chi connectivity index (χ3v) is 8.24. The van der Waals surface area contributed by atoms with Crippen molar-refractivity contribution in [3.63, 3.8) is 0 Å². The molecule has 0 saturated heterocycles. The molecule has 40 heavy (non-hydrogen) atoms. The number of imidazole rings is 1. The van der Waals surface area contributed by atoms with Gasteiger partial charge in [-0.3, -0.25) is 4.79 Å². The Balaban J connectivity index is 1.36. The van der Waals surface area contributed by atoms with Crippen molar-refractivity contribution in [3.05, 3.63) is 30.1 Å². The quantitative estimate of drug-likeness (QED) is 0.309. The van der Waals surface area contributed by atoms with E-state index in [-0.39, 0.29) is 23.3 Å². The van der Waals surface area contributed by atoms with E-state index in [2.05, 4.69) is 37.1 Å². The normalized spacial score (nSPS) is 28.8. The molecule has 12 nitrogen and oxygen atoms in total. The minimum Gasteiger partial charge on any atom is -0.493 e. The third-order valence-electron chi connectivity index (χ3n) is 8.24. The lowest BCUT2D eigenvalue weighted by Crippen LogP contribution is -2.68. The second kappa shape index (κ2) is 8.78. The number of anilines is 4. The van der Waals surface area contributed by atoms with Crippen LogP contribution in [-0.4, -0.2) is 59.6 Å². The van der Waals surface area contributed by atoms with Crippen LogP contribution < -0.4 is 20.7 Å². The second-order valence-corrected chi connectivity index (χ2v) is 12.9. The van der Waals surface area contributed by atoms with Crippen molar-refractivity contribution in [3.8, 4) is 11.8 Å². The lowest BCUT2D eigenvalue weighted by Gasteiger charge is -2.63. The molecular weight excluding hydrogens is 512 g/mol. The summed E-state index contributed by atoms with van der Waals surface area (Å²) in [6, 6.07) is 7.33. The summed E-state index contributed by atoms with van der Waals surface area (Å²) in [5.74, 6) is 1.60. The molecule has 0 spiro atoms. The first-order valence-corrected chi connectivity index (χ1v) is 13.5. The lowest BCUT2D eigenvalue weighted by atomic mass is 9.49. The van der Waals surface area contributed by atoms with Gasteiger partial charge in [-0.25, -0.2) is 9.97 Å². The van der Waals surface area contributed by atoms with Crippen LogP contribution in [0.5, 0.6) is 5.75 Å². The predicted molar refractivity (Wildman–Crippen MR) is 147 cm³/mol. The van der Waals surface area contributed by atoms with Crippen molar-refractivity contribution in [2.24, 2.45) is 11.3 Å². The number of nitriles is 1. The van der Waals surface area contributed by atoms with E-state index < -0.39 is 22.2 Å². The summed E-state index contributed by atoms with van der Waals surface area (Å²) >= 11 is 0. The molecule has 3 aromatic heterocycles. The van der Waals surface area contributed by atoms with Crippen molar-refractivity contribution < 1.29 is 19.7 Å². The Morgan fingerprint density at radius 3 is 2.50 bits per heavy atom. The van der Waals surface area contributed by atoms with Gasteiger partial charge in [0, 0.05) is 23.4 Å². The highest BCUT2D eigenvalue weighted by atomic mass is 16.5. The van der Waals surface area contributed by atoms with E-state index >= 15 is 0 Å². The van der Waals surface area contributed by atoms with Crippen LogP contribution in [0, 0.1) is 22.7 Å². The molecular formula is C28H34N8O4. The van der Waals surface area contributed by atoms with Crippen LogP contribution in [0.25, 0.3) is 5.65 Å². The SMILES string of the molecule is COc1ccc(Nc2cc(NC34CC5CC(O)(CC(O)(C5)C3)C4)nn3c(C#N)cnc23)nc1NC(=O)C(C)(C)C. The molecule has 210 valence electrons. The summed E-state index contributed by atoms with van der Waals surface area (Å²) in [6.45, 7) is 5.43. The van der Waals surface area contributed by atoms with Crippen LogP contribution in [0.4, 0.5) is 23.1 Å². The van der Waals surface area contributed by atoms with Crippen molar-refractivity contribution >= 4 is 34.7 Å². The zero-order valence-corrected chi connectivity index (χ0v) is 23.1. The molecule has 0 aliphatic heterocycles. The molecule has 3 aromatic rings. The molecule has 5 N–H and O–H groups in total. The molecule has 4 bridgehead atoms. The number of nitrogens with one attached hydrogen (secondary N) is 3. The summed E-state index contributed by atoms with van der Waals surface area (Å²) in [4.78, 5) is 21.6. The average molecular weight is 547 g/mol. The van der Waals surface area contributed by atoms with E-state index in [1.165, 1.54) is 17.8 Å². The van der Waals surface area contributed by atoms with Gasteiger partial charge in [-0.05, 0) is 50.2 Å². The maximum absolute atomic E-state index is 12.7. The predicted octanol–water partition coefficient (Wildman–Crippen LogP) is 3.34. The number of carbonyl (C=O) groups is 1. The van der Waals surface area contributed by atoms with E-state index in [0.29, 0.717) is 60.8 Å². The van der Waals surface area contributed by atoms with Gasteiger partial charge in [0.25, 0.3) is 0 Å². The maximum atomic E-state index is 12.7. The van der Waals surface area contributed by atoms with Gasteiger partial charge in [0.15, 0.2) is 22.9 Å². The van der Waals surface area contributed by atoms with E-state index in [4.69, 9.17) is 4.74 Å². The lowest BCUT2D eigenvalue weighted by molar-refractivity contribution is -0.200. The minimum absolute atomic E-state index is 0.209. The van der Waals surface area contributed by atoms with Gasteiger partial charge in [0.2, 0.25) is 5.91 Å². The fraction of sp³-hybridized carbons (Fsp3) is 0.536. The number of nitrogens with zero attached hydrogens (tertiary/aromatic N) is 5. The largest absolute Gasteiger partial charge is 0.493 e. The molecule has 4 aliphatic rings. The van der Waals surface area contributed by atoms with E-state index in [9.17, 15) is 20.3 Å². The summed E-state index contributed by atoms with van der Waals surface area (Å²) in [5.41, 5.74) is -1.74. The zero-order valence-electron chi connectivity index (χ0n) is 23.1. The standard InChI is InChI=1S/C28H34N8O4/c1-25(2,3)24(37)33-22-19(40-4)5-6-20(32-22)31-18-7-21(35-36-17(11-29)12-30-23(18)36)34-26-8-16-9-27(38,13-26)15-28(39,10-16)14-26/h5-7,12,16,38-39H,8-10,13-15H2,1-4H3,(H,34,35)(H2,31,32,33,37). The van der Waals surface area contributed by atoms with E-state index in [0.717, 1.165) is 6.42 Å². The molecule has 4 saturated carbocycles. The Labute approximate surface area is 231 Å². The van der Waals surface area contributed by atoms with Crippen LogP contribution in [-0.2, 0) is 4.79 Å². The first-order chi connectivity index (χ1) is 18.8. The fourth-order valence-electron chi connectivity index (χ4n) is 7.15. The van der Waals surface area contributed by atoms with Crippen LogP contribution in [0.2, 0.25) is 0 Å². The number of fused-ring (bicyclic) bond motifs is 1. The Hall–Kier alpha value is -3.95. The number of ether oxygens (including phenoxy) is 1. The van der Waals surface area contributed by atoms with Crippen LogP contribution in [0.15, 0.2) is 24.4 Å². The summed E-state index contributed by atoms with van der Waals surface area (Å²) in [6.07, 6.45) is 5.12. The number of carbonyl (C=O) groups excluding carboxylic acids is 1. The number of aliphatic hydroxyl groups is 2. The van der Waals surface area contributed by atoms with Crippen molar-refractivity contribution in [1.82, 2.24) is 19.6 Å². The zero-order chi connectivity index (χ0) is 28.5. The maximum Gasteiger partial charge on any atom is 0.231 e. The summed E-state index contributed by atoms with van der Waals surface area (Å²) in [7, 11) is 1.51. The van der Waals surface area contributed by atoms with Crippen molar-refractivity contribution in [1.29, 1.82) is 5.26 Å². The minimum atomic E-state index is -0.903. The monoisotopic (exact) mass is 546 g/mol. The number of methoxy groups -OCH3 is 1. The first kappa shape index (κ1) is 26.3. The molecule has 1 amide bonds. The second-order valence-electron chi connectivity index (χ2n) is 12.9. The Morgan fingerprint density at radius 1 is 1.15 bits per heavy atom. The number of aromatic nitrogens is 4. The number of amides is 1. The van der Waals surface area contributed by atoms with Gasteiger partial charge < -0.3 is 30.9 Å². The molecule has 0 radical (unpaired) electrons. The highest BCUT2D eigenvalue weighted by Gasteiger charge is 2.63. The molecule has 4 aliphatic carbocycles. The fourth-order valence-corrected chi connectivity index (χ4v) is 7.15. The summed E-state index contributed by atoms with van der Waals surface area (Å²) < 4.78 is 6.86. The van der Waals surface area contributed by atoms with Crippen molar-refractivity contribution in [2.45, 2.75) is 76.0 Å². The average Bonchev–Trinajstić information content (AvgIpc) is 3.24. The molecule has 7 rings (SSSR count). The van der Waals surface area contributed by atoms with Crippen molar-refractivity contribution in [2.75, 3.05) is 23.1 Å². The summed E-state index contributed by atoms with van der Waals surface area (Å²) in [5, 5.41) is 46.4. The third kappa shape index (κ3) is 4.59. The number of rotatable bonds is 6.